The van der Waals surface area contributed by atoms with Crippen molar-refractivity contribution in [3.63, 3.8) is 0 Å². The minimum atomic E-state index is -0.577. The van der Waals surface area contributed by atoms with Crippen molar-refractivity contribution in [2.75, 3.05) is 0 Å². The van der Waals surface area contributed by atoms with Gasteiger partial charge in [-0.05, 0) is 42.5 Å². The summed E-state index contributed by atoms with van der Waals surface area (Å²) in [6.45, 7) is 0. The molecule has 0 saturated carbocycles. The highest BCUT2D eigenvalue weighted by molar-refractivity contribution is 5.91. The average molecular weight is 335 g/mol. The van der Waals surface area contributed by atoms with Gasteiger partial charge in [0.1, 0.15) is 17.2 Å². The maximum absolute atomic E-state index is 12.2. The van der Waals surface area contributed by atoms with Crippen LogP contribution in [0.5, 0.6) is 17.2 Å². The molecule has 0 heterocycles. The van der Waals surface area contributed by atoms with Crippen LogP contribution in [0.3, 0.4) is 0 Å². The molecular weight excluding hydrogens is 322 g/mol. The average Bonchev–Trinajstić information content (AvgIpc) is 2.63. The van der Waals surface area contributed by atoms with Crippen molar-refractivity contribution in [1.29, 1.82) is 0 Å². The molecule has 0 aliphatic heterocycles. The molecule has 0 radical (unpaired) electrons. The number of rotatable bonds is 5. The zero-order chi connectivity index (χ0) is 17.6. The zero-order valence-corrected chi connectivity index (χ0v) is 13.0. The number of esters is 1. The van der Waals surface area contributed by atoms with Gasteiger partial charge in [-0.15, -0.1) is 0 Å². The monoisotopic (exact) mass is 335 g/mol. The minimum Gasteiger partial charge on any atom is -0.457 e. The summed E-state index contributed by atoms with van der Waals surface area (Å²) in [6.07, 6.45) is 0. The highest BCUT2D eigenvalue weighted by Crippen LogP contribution is 2.23. The first kappa shape index (κ1) is 16.2. The highest BCUT2D eigenvalue weighted by Gasteiger charge is 2.11. The van der Waals surface area contributed by atoms with Gasteiger partial charge >= 0.3 is 5.97 Å². The molecule has 124 valence electrons. The highest BCUT2D eigenvalue weighted by atomic mass is 16.6. The fourth-order valence-electron chi connectivity index (χ4n) is 2.11. The van der Waals surface area contributed by atoms with E-state index in [1.807, 2.05) is 30.3 Å². The van der Waals surface area contributed by atoms with E-state index in [9.17, 15) is 14.9 Å². The smallest absolute Gasteiger partial charge is 0.343 e. The molecule has 3 rings (SSSR count). The van der Waals surface area contributed by atoms with Gasteiger partial charge in [0.2, 0.25) is 0 Å². The first-order valence-electron chi connectivity index (χ1n) is 7.41. The molecule has 0 aliphatic carbocycles. The lowest BCUT2D eigenvalue weighted by Gasteiger charge is -2.08. The van der Waals surface area contributed by atoms with Gasteiger partial charge in [-0.1, -0.05) is 24.3 Å². The Balaban J connectivity index is 1.71. The van der Waals surface area contributed by atoms with Gasteiger partial charge in [-0.3, -0.25) is 10.1 Å². The number of nitrogens with zero attached hydrogens (tertiary/aromatic N) is 1. The molecule has 0 fully saturated rings. The molecule has 0 amide bonds. The topological polar surface area (TPSA) is 78.7 Å². The Morgan fingerprint density at radius 3 is 2.16 bits per heavy atom. The summed E-state index contributed by atoms with van der Waals surface area (Å²) in [4.78, 5) is 22.3. The fraction of sp³-hybridized carbons (Fsp3) is 0. The standard InChI is InChI=1S/C19H13NO5/c21-19(25-17-11-9-15(10-12-17)20(22)23)14-5-4-8-18(13-14)24-16-6-2-1-3-7-16/h1-13H. The summed E-state index contributed by atoms with van der Waals surface area (Å²) in [5.41, 5.74) is 0.241. The number of benzene rings is 3. The first-order chi connectivity index (χ1) is 12.1. The summed E-state index contributed by atoms with van der Waals surface area (Å²) in [5, 5.41) is 10.6. The van der Waals surface area contributed by atoms with E-state index in [0.29, 0.717) is 17.1 Å². The molecule has 25 heavy (non-hydrogen) atoms. The summed E-state index contributed by atoms with van der Waals surface area (Å²) >= 11 is 0. The SMILES string of the molecule is O=C(Oc1ccc([N+](=O)[O-])cc1)c1cccc(Oc2ccccc2)c1. The van der Waals surface area contributed by atoms with E-state index >= 15 is 0 Å². The molecule has 3 aromatic carbocycles. The third kappa shape index (κ3) is 4.20. The van der Waals surface area contributed by atoms with Crippen LogP contribution < -0.4 is 9.47 Å². The molecule has 0 N–H and O–H groups in total. The van der Waals surface area contributed by atoms with E-state index in [-0.39, 0.29) is 11.4 Å². The van der Waals surface area contributed by atoms with Crippen LogP contribution in [-0.4, -0.2) is 10.9 Å². The van der Waals surface area contributed by atoms with E-state index in [1.165, 1.54) is 24.3 Å². The predicted octanol–water partition coefficient (Wildman–Crippen LogP) is 4.61. The quantitative estimate of drug-likeness (QED) is 0.294. The fourth-order valence-corrected chi connectivity index (χ4v) is 2.11. The Morgan fingerprint density at radius 2 is 1.48 bits per heavy atom. The van der Waals surface area contributed by atoms with Crippen LogP contribution in [-0.2, 0) is 0 Å². The number of ether oxygens (including phenoxy) is 2. The van der Waals surface area contributed by atoms with Gasteiger partial charge in [0, 0.05) is 12.1 Å². The number of nitro benzene ring substituents is 1. The lowest BCUT2D eigenvalue weighted by Crippen LogP contribution is -2.08. The van der Waals surface area contributed by atoms with E-state index in [4.69, 9.17) is 9.47 Å². The molecule has 3 aromatic rings. The summed E-state index contributed by atoms with van der Waals surface area (Å²) < 4.78 is 10.9. The zero-order valence-electron chi connectivity index (χ0n) is 13.0. The van der Waals surface area contributed by atoms with Crippen LogP contribution in [0.4, 0.5) is 5.69 Å². The van der Waals surface area contributed by atoms with Crippen molar-refractivity contribution < 1.29 is 19.2 Å². The van der Waals surface area contributed by atoms with E-state index < -0.39 is 10.9 Å². The molecule has 0 saturated heterocycles. The number of hydrogen-bond donors (Lipinski definition) is 0. The maximum atomic E-state index is 12.2. The molecule has 0 aromatic heterocycles. The minimum absolute atomic E-state index is 0.0712. The number of non-ortho nitro benzene ring substituents is 1. The molecule has 6 nitrogen and oxygen atoms in total. The molecule has 0 bridgehead atoms. The lowest BCUT2D eigenvalue weighted by atomic mass is 10.2. The summed E-state index contributed by atoms with van der Waals surface area (Å²) in [6, 6.07) is 21.1. The maximum Gasteiger partial charge on any atom is 0.343 e. The van der Waals surface area contributed by atoms with Gasteiger partial charge < -0.3 is 9.47 Å². The van der Waals surface area contributed by atoms with Crippen LogP contribution in [0.25, 0.3) is 0 Å². The molecule has 0 aliphatic rings. The molecular formula is C19H13NO5. The van der Waals surface area contributed by atoms with Gasteiger partial charge in [0.25, 0.3) is 5.69 Å². The van der Waals surface area contributed by atoms with Crippen LogP contribution in [0, 0.1) is 10.1 Å². The Kier molecular flexibility index (Phi) is 4.71. The largest absolute Gasteiger partial charge is 0.457 e. The van der Waals surface area contributed by atoms with Crippen molar-refractivity contribution in [2.45, 2.75) is 0 Å². The van der Waals surface area contributed by atoms with Gasteiger partial charge in [0.05, 0.1) is 10.5 Å². The van der Waals surface area contributed by atoms with Crippen molar-refractivity contribution in [2.24, 2.45) is 0 Å². The van der Waals surface area contributed by atoms with Crippen LogP contribution in [0.15, 0.2) is 78.9 Å². The molecule has 6 heteroatoms. The first-order valence-corrected chi connectivity index (χ1v) is 7.41. The Hall–Kier alpha value is -3.67. The third-order valence-electron chi connectivity index (χ3n) is 3.31. The second-order valence-electron chi connectivity index (χ2n) is 5.08. The van der Waals surface area contributed by atoms with Gasteiger partial charge in [-0.25, -0.2) is 4.79 Å². The third-order valence-corrected chi connectivity index (χ3v) is 3.31. The Labute approximate surface area is 143 Å². The molecule has 0 unspecified atom stereocenters. The van der Waals surface area contributed by atoms with Crippen LogP contribution in [0.2, 0.25) is 0 Å². The number of hydrogen-bond acceptors (Lipinski definition) is 5. The number of nitro groups is 1. The van der Waals surface area contributed by atoms with Crippen molar-refractivity contribution >= 4 is 11.7 Å². The van der Waals surface area contributed by atoms with Crippen LogP contribution in [0.1, 0.15) is 10.4 Å². The van der Waals surface area contributed by atoms with Crippen molar-refractivity contribution in [3.8, 4) is 17.2 Å². The summed E-state index contributed by atoms with van der Waals surface area (Å²) in [7, 11) is 0. The van der Waals surface area contributed by atoms with Gasteiger partial charge in [-0.2, -0.15) is 0 Å². The number of carbonyl (C=O) groups is 1. The molecule has 0 spiro atoms. The van der Waals surface area contributed by atoms with Crippen molar-refractivity contribution in [1.82, 2.24) is 0 Å². The van der Waals surface area contributed by atoms with Crippen LogP contribution >= 0.6 is 0 Å². The van der Waals surface area contributed by atoms with Gasteiger partial charge in [0.15, 0.2) is 0 Å². The second kappa shape index (κ2) is 7.27. The van der Waals surface area contributed by atoms with Crippen molar-refractivity contribution in [3.05, 3.63) is 94.5 Å². The normalized spacial score (nSPS) is 10.1. The number of carbonyl (C=O) groups excluding carboxylic acids is 1. The predicted molar refractivity (Wildman–Crippen MR) is 91.0 cm³/mol. The second-order valence-corrected chi connectivity index (χ2v) is 5.08. The molecule has 0 atom stereocenters. The number of para-hydroxylation sites is 1. The van der Waals surface area contributed by atoms with E-state index in [2.05, 4.69) is 0 Å². The summed E-state index contributed by atoms with van der Waals surface area (Å²) in [5.74, 6) is 0.810. The van der Waals surface area contributed by atoms with E-state index in [1.54, 1.807) is 24.3 Å². The lowest BCUT2D eigenvalue weighted by molar-refractivity contribution is -0.384. The Bertz CT molecular complexity index is 891. The van der Waals surface area contributed by atoms with E-state index in [0.717, 1.165) is 0 Å². The Morgan fingerprint density at radius 1 is 0.800 bits per heavy atom.